The number of aromatic carboxylic acids is 1. The van der Waals surface area contributed by atoms with Crippen LogP contribution in [0.2, 0.25) is 0 Å². The predicted molar refractivity (Wildman–Crippen MR) is 76.0 cm³/mol. The van der Waals surface area contributed by atoms with E-state index >= 15 is 0 Å². The first-order chi connectivity index (χ1) is 9.79. The van der Waals surface area contributed by atoms with Gasteiger partial charge in [0.1, 0.15) is 22.0 Å². The molecular weight excluding hydrogens is 294 g/mol. The van der Waals surface area contributed by atoms with Gasteiger partial charge in [-0.15, -0.1) is 0 Å². The molecule has 0 spiro atoms. The standard InChI is InChI=1S/C14H13NO5S/c1-9-6-7-10(14(16)17)12(8-9)20-11-4-2-3-5-13(11)21(15,18)19/h2-8H,1H3,(H,16,17)(H2,15,18,19). The van der Waals surface area contributed by atoms with Crippen molar-refractivity contribution < 1.29 is 23.1 Å². The van der Waals surface area contributed by atoms with E-state index in [9.17, 15) is 13.2 Å². The SMILES string of the molecule is Cc1ccc(C(=O)O)c(Oc2ccccc2S(N)(=O)=O)c1. The molecule has 0 aliphatic carbocycles. The van der Waals surface area contributed by atoms with Gasteiger partial charge in [0.15, 0.2) is 0 Å². The minimum absolute atomic E-state index is 0.0203. The molecule has 0 unspecified atom stereocenters. The number of ether oxygens (including phenoxy) is 1. The number of carboxylic acids is 1. The Kier molecular flexibility index (Phi) is 3.97. The molecule has 110 valence electrons. The summed E-state index contributed by atoms with van der Waals surface area (Å²) in [5, 5.41) is 14.3. The molecule has 0 aromatic heterocycles. The number of carboxylic acid groups (broad SMARTS) is 1. The van der Waals surface area contributed by atoms with Crippen LogP contribution in [0.25, 0.3) is 0 Å². The maximum atomic E-state index is 11.5. The Hall–Kier alpha value is -2.38. The molecule has 0 atom stereocenters. The van der Waals surface area contributed by atoms with Crippen LogP contribution in [-0.4, -0.2) is 19.5 Å². The molecule has 0 saturated heterocycles. The Bertz CT molecular complexity index is 799. The van der Waals surface area contributed by atoms with E-state index in [2.05, 4.69) is 0 Å². The van der Waals surface area contributed by atoms with Crippen LogP contribution in [0.3, 0.4) is 0 Å². The van der Waals surface area contributed by atoms with E-state index in [1.54, 1.807) is 19.1 Å². The topological polar surface area (TPSA) is 107 Å². The highest BCUT2D eigenvalue weighted by Gasteiger charge is 2.18. The van der Waals surface area contributed by atoms with Gasteiger partial charge in [-0.3, -0.25) is 0 Å². The molecule has 2 rings (SSSR count). The van der Waals surface area contributed by atoms with Crippen LogP contribution in [0.15, 0.2) is 47.4 Å². The molecule has 6 nitrogen and oxygen atoms in total. The van der Waals surface area contributed by atoms with Gasteiger partial charge in [0, 0.05) is 0 Å². The van der Waals surface area contributed by atoms with Crippen molar-refractivity contribution in [1.29, 1.82) is 0 Å². The molecule has 0 saturated carbocycles. The number of hydrogen-bond acceptors (Lipinski definition) is 4. The summed E-state index contributed by atoms with van der Waals surface area (Å²) in [5.74, 6) is -1.13. The summed E-state index contributed by atoms with van der Waals surface area (Å²) in [6.45, 7) is 1.77. The number of rotatable bonds is 4. The highest BCUT2D eigenvalue weighted by molar-refractivity contribution is 7.89. The van der Waals surface area contributed by atoms with Crippen LogP contribution in [0, 0.1) is 6.92 Å². The van der Waals surface area contributed by atoms with Crippen molar-refractivity contribution in [3.63, 3.8) is 0 Å². The van der Waals surface area contributed by atoms with Crippen LogP contribution in [0.1, 0.15) is 15.9 Å². The molecule has 0 heterocycles. The van der Waals surface area contributed by atoms with E-state index in [0.717, 1.165) is 5.56 Å². The average molecular weight is 307 g/mol. The first kappa shape index (κ1) is 15.0. The summed E-state index contributed by atoms with van der Waals surface area (Å²) < 4.78 is 28.5. The van der Waals surface area contributed by atoms with E-state index in [0.29, 0.717) is 0 Å². The van der Waals surface area contributed by atoms with Crippen molar-refractivity contribution in [2.45, 2.75) is 11.8 Å². The molecule has 2 aromatic rings. The quantitative estimate of drug-likeness (QED) is 0.899. The summed E-state index contributed by atoms with van der Waals surface area (Å²) in [7, 11) is -3.97. The lowest BCUT2D eigenvalue weighted by atomic mass is 10.1. The van der Waals surface area contributed by atoms with Crippen molar-refractivity contribution in [1.82, 2.24) is 0 Å². The molecule has 2 aromatic carbocycles. The normalized spacial score (nSPS) is 11.1. The summed E-state index contributed by atoms with van der Waals surface area (Å²) in [6.07, 6.45) is 0. The number of primary sulfonamides is 1. The zero-order valence-corrected chi connectivity index (χ0v) is 11.9. The second-order valence-electron chi connectivity index (χ2n) is 4.40. The largest absolute Gasteiger partial charge is 0.478 e. The highest BCUT2D eigenvalue weighted by atomic mass is 32.2. The van der Waals surface area contributed by atoms with Crippen LogP contribution < -0.4 is 9.88 Å². The summed E-state index contributed by atoms with van der Waals surface area (Å²) in [6, 6.07) is 10.3. The maximum Gasteiger partial charge on any atom is 0.339 e. The van der Waals surface area contributed by atoms with Crippen LogP contribution in [-0.2, 0) is 10.0 Å². The molecule has 0 aliphatic rings. The Balaban J connectivity index is 2.54. The number of benzene rings is 2. The number of sulfonamides is 1. The van der Waals surface area contributed by atoms with Crippen LogP contribution in [0.4, 0.5) is 0 Å². The zero-order chi connectivity index (χ0) is 15.6. The third kappa shape index (κ3) is 3.39. The molecular formula is C14H13NO5S. The zero-order valence-electron chi connectivity index (χ0n) is 11.1. The number of para-hydroxylation sites is 1. The molecule has 21 heavy (non-hydrogen) atoms. The van der Waals surface area contributed by atoms with Crippen LogP contribution in [0.5, 0.6) is 11.5 Å². The maximum absolute atomic E-state index is 11.5. The van der Waals surface area contributed by atoms with E-state index < -0.39 is 16.0 Å². The van der Waals surface area contributed by atoms with E-state index in [-0.39, 0.29) is 22.0 Å². The monoisotopic (exact) mass is 307 g/mol. The number of carbonyl (C=O) groups is 1. The second kappa shape index (κ2) is 5.55. The molecule has 0 bridgehead atoms. The van der Waals surface area contributed by atoms with Crippen molar-refractivity contribution >= 4 is 16.0 Å². The van der Waals surface area contributed by atoms with E-state index in [1.165, 1.54) is 30.3 Å². The summed E-state index contributed by atoms with van der Waals surface area (Å²) >= 11 is 0. The van der Waals surface area contributed by atoms with E-state index in [1.807, 2.05) is 0 Å². The Labute approximate surface area is 121 Å². The average Bonchev–Trinajstić information content (AvgIpc) is 2.37. The molecule has 3 N–H and O–H groups in total. The fraction of sp³-hybridized carbons (Fsp3) is 0.0714. The number of aryl methyl sites for hydroxylation is 1. The highest BCUT2D eigenvalue weighted by Crippen LogP contribution is 2.30. The van der Waals surface area contributed by atoms with Crippen molar-refractivity contribution in [3.8, 4) is 11.5 Å². The van der Waals surface area contributed by atoms with Gasteiger partial charge in [0.25, 0.3) is 0 Å². The van der Waals surface area contributed by atoms with E-state index in [4.69, 9.17) is 15.0 Å². The number of hydrogen-bond donors (Lipinski definition) is 2. The molecule has 7 heteroatoms. The first-order valence-corrected chi connectivity index (χ1v) is 7.47. The minimum Gasteiger partial charge on any atom is -0.478 e. The van der Waals surface area contributed by atoms with Gasteiger partial charge in [-0.05, 0) is 36.8 Å². The molecule has 0 aliphatic heterocycles. The van der Waals surface area contributed by atoms with Crippen molar-refractivity contribution in [3.05, 3.63) is 53.6 Å². The first-order valence-electron chi connectivity index (χ1n) is 5.92. The van der Waals surface area contributed by atoms with Gasteiger partial charge in [0.05, 0.1) is 0 Å². The number of nitrogens with two attached hydrogens (primary N) is 1. The van der Waals surface area contributed by atoms with Gasteiger partial charge >= 0.3 is 5.97 Å². The lowest BCUT2D eigenvalue weighted by Gasteiger charge is -2.12. The Morgan fingerprint density at radius 1 is 1.14 bits per heavy atom. The van der Waals surface area contributed by atoms with Gasteiger partial charge < -0.3 is 9.84 Å². The summed E-state index contributed by atoms with van der Waals surface area (Å²) in [5.41, 5.74) is 0.716. The second-order valence-corrected chi connectivity index (χ2v) is 5.93. The smallest absolute Gasteiger partial charge is 0.339 e. The fourth-order valence-corrected chi connectivity index (χ4v) is 2.44. The van der Waals surface area contributed by atoms with Crippen LogP contribution >= 0.6 is 0 Å². The molecule has 0 amide bonds. The van der Waals surface area contributed by atoms with Crippen molar-refractivity contribution in [2.24, 2.45) is 5.14 Å². The van der Waals surface area contributed by atoms with Gasteiger partial charge in [-0.2, -0.15) is 0 Å². The lowest BCUT2D eigenvalue weighted by molar-refractivity contribution is 0.0694. The minimum atomic E-state index is -3.97. The lowest BCUT2D eigenvalue weighted by Crippen LogP contribution is -2.13. The summed E-state index contributed by atoms with van der Waals surface area (Å²) in [4.78, 5) is 11.0. The molecule has 0 fully saturated rings. The Morgan fingerprint density at radius 3 is 2.43 bits per heavy atom. The van der Waals surface area contributed by atoms with Gasteiger partial charge in [-0.1, -0.05) is 18.2 Å². The third-order valence-corrected chi connectivity index (χ3v) is 3.69. The molecule has 0 radical (unpaired) electrons. The van der Waals surface area contributed by atoms with Gasteiger partial charge in [0.2, 0.25) is 10.0 Å². The van der Waals surface area contributed by atoms with Gasteiger partial charge in [-0.25, -0.2) is 18.4 Å². The fourth-order valence-electron chi connectivity index (χ4n) is 1.78. The Morgan fingerprint density at radius 2 is 1.81 bits per heavy atom. The predicted octanol–water partition coefficient (Wildman–Crippen LogP) is 2.13. The third-order valence-electron chi connectivity index (χ3n) is 2.74. The van der Waals surface area contributed by atoms with Crippen molar-refractivity contribution in [2.75, 3.05) is 0 Å².